The molecule has 2 aromatic heterocycles. The molecule has 0 bridgehead atoms. The van der Waals surface area contributed by atoms with Crippen LogP contribution in [0.2, 0.25) is 0 Å². The van der Waals surface area contributed by atoms with E-state index in [1.165, 1.54) is 11.3 Å². The first-order valence-corrected chi connectivity index (χ1v) is 12.9. The van der Waals surface area contributed by atoms with Gasteiger partial charge in [-0.25, -0.2) is 0 Å². The zero-order chi connectivity index (χ0) is 25.4. The third-order valence-electron chi connectivity index (χ3n) is 6.34. The number of aliphatic imine (C=N–C) groups is 1. The van der Waals surface area contributed by atoms with Crippen LogP contribution in [0.5, 0.6) is 0 Å². The van der Waals surface area contributed by atoms with Gasteiger partial charge in [-0.15, -0.1) is 11.3 Å². The Morgan fingerprint density at radius 1 is 1.31 bits per heavy atom. The van der Waals surface area contributed by atoms with Crippen molar-refractivity contribution in [3.05, 3.63) is 58.4 Å². The van der Waals surface area contributed by atoms with E-state index >= 15 is 0 Å². The lowest BCUT2D eigenvalue weighted by Gasteiger charge is -2.24. The molecule has 1 fully saturated rings. The lowest BCUT2D eigenvalue weighted by molar-refractivity contribution is 0.360. The van der Waals surface area contributed by atoms with E-state index in [-0.39, 0.29) is 13.4 Å². The Morgan fingerprint density at radius 2 is 2.11 bits per heavy atom. The van der Waals surface area contributed by atoms with Gasteiger partial charge in [0, 0.05) is 50.6 Å². The molecule has 0 aliphatic carbocycles. The molecular weight excluding hydrogens is 454 g/mol. The molecule has 2 aromatic rings. The Bertz CT molecular complexity index is 1260. The van der Waals surface area contributed by atoms with Gasteiger partial charge in [-0.05, 0) is 49.5 Å². The highest BCUT2D eigenvalue weighted by atomic mass is 32.1. The summed E-state index contributed by atoms with van der Waals surface area (Å²) in [5.74, 6) is 1.17. The van der Waals surface area contributed by atoms with Crippen LogP contribution in [0.15, 0.2) is 46.7 Å². The highest BCUT2D eigenvalue weighted by molar-refractivity contribution is 7.14. The van der Waals surface area contributed by atoms with Crippen molar-refractivity contribution in [2.45, 2.75) is 46.6 Å². The third kappa shape index (κ3) is 5.32. The lowest BCUT2D eigenvalue weighted by Crippen LogP contribution is -2.24. The van der Waals surface area contributed by atoms with Crippen molar-refractivity contribution >= 4 is 27.7 Å². The molecule has 2 unspecified atom stereocenters. The summed E-state index contributed by atoms with van der Waals surface area (Å²) >= 11 is 1.45. The monoisotopic (exact) mass is 487 g/mol. The zero-order valence-corrected chi connectivity index (χ0v) is 21.6. The predicted octanol–water partition coefficient (Wildman–Crippen LogP) is 5.86. The van der Waals surface area contributed by atoms with Gasteiger partial charge in [0.2, 0.25) is 0 Å². The molecule has 2 atom stereocenters. The van der Waals surface area contributed by atoms with Gasteiger partial charge in [0.1, 0.15) is 28.5 Å². The zero-order valence-electron chi connectivity index (χ0n) is 20.7. The summed E-state index contributed by atoms with van der Waals surface area (Å²) in [5.41, 5.74) is 4.26. The van der Waals surface area contributed by atoms with Crippen LogP contribution in [0.4, 0.5) is 5.00 Å². The van der Waals surface area contributed by atoms with Crippen molar-refractivity contribution in [3.8, 4) is 18.2 Å². The summed E-state index contributed by atoms with van der Waals surface area (Å²) in [6, 6.07) is 8.82. The Morgan fingerprint density at radius 3 is 2.80 bits per heavy atom. The largest absolute Gasteiger partial charge is 0.362 e. The molecule has 2 aliphatic heterocycles. The fourth-order valence-electron chi connectivity index (χ4n) is 4.61. The van der Waals surface area contributed by atoms with Gasteiger partial charge in [0.15, 0.2) is 0 Å². The summed E-state index contributed by atoms with van der Waals surface area (Å²) in [4.78, 5) is 6.73. The number of aromatic nitrogens is 1. The highest BCUT2D eigenvalue weighted by Crippen LogP contribution is 2.38. The number of rotatable bonds is 6. The number of thiophene rings is 1. The summed E-state index contributed by atoms with van der Waals surface area (Å²) < 4.78 is 2.17. The second kappa shape index (κ2) is 12.1. The van der Waals surface area contributed by atoms with Crippen LogP contribution in [-0.2, 0) is 0 Å². The molecule has 0 radical (unpaired) electrons. The van der Waals surface area contributed by atoms with E-state index in [1.54, 1.807) is 5.38 Å². The number of hydrogen-bond donors (Lipinski definition) is 1. The number of nitriles is 3. The maximum absolute atomic E-state index is 9.54. The first-order valence-electron chi connectivity index (χ1n) is 12.0. The van der Waals surface area contributed by atoms with Gasteiger partial charge >= 0.3 is 0 Å². The van der Waals surface area contributed by atoms with Crippen molar-refractivity contribution in [1.29, 1.82) is 15.8 Å². The molecule has 0 amide bonds. The Kier molecular flexibility index (Phi) is 8.90. The summed E-state index contributed by atoms with van der Waals surface area (Å²) in [7, 11) is 0. The number of anilines is 1. The molecule has 8 heteroatoms. The molecule has 0 spiro atoms. The Labute approximate surface area is 213 Å². The van der Waals surface area contributed by atoms with Gasteiger partial charge in [-0.1, -0.05) is 13.8 Å². The lowest BCUT2D eigenvalue weighted by atomic mass is 9.96. The van der Waals surface area contributed by atoms with E-state index in [1.807, 2.05) is 33.0 Å². The van der Waals surface area contributed by atoms with Crippen molar-refractivity contribution < 1.29 is 1.43 Å². The summed E-state index contributed by atoms with van der Waals surface area (Å²) in [5, 5.41) is 34.2. The Hall–Kier alpha value is -3.80. The van der Waals surface area contributed by atoms with Gasteiger partial charge in [0.05, 0.1) is 24.1 Å². The first kappa shape index (κ1) is 25.8. The van der Waals surface area contributed by atoms with Crippen LogP contribution in [-0.4, -0.2) is 30.0 Å². The molecule has 1 saturated heterocycles. The van der Waals surface area contributed by atoms with Crippen LogP contribution in [0.3, 0.4) is 0 Å². The topological polar surface area (TPSA) is 104 Å². The average molecular weight is 488 g/mol. The molecule has 35 heavy (non-hydrogen) atoms. The van der Waals surface area contributed by atoms with E-state index in [0.29, 0.717) is 17.5 Å². The number of hydrogen-bond acceptors (Lipinski definition) is 6. The number of nitrogens with one attached hydrogen (secondary N) is 1. The second-order valence-corrected chi connectivity index (χ2v) is 9.02. The SMILES string of the molecule is CC.CCN=C1NC=C/C1=C(/C)c1ccn(C(CC#N)C2CCN(c3scc(C#N)c3C#N)C2)c1.[HH]. The normalized spacial score (nSPS) is 19.9. The number of amidine groups is 1. The Balaban J connectivity index is 0.00000148. The molecule has 4 heterocycles. The summed E-state index contributed by atoms with van der Waals surface area (Å²) in [6.45, 7) is 10.4. The smallest absolute Gasteiger partial charge is 0.132 e. The molecule has 0 aromatic carbocycles. The van der Waals surface area contributed by atoms with Gasteiger partial charge in [-0.3, -0.25) is 4.99 Å². The molecule has 4 rings (SSSR count). The molecular formula is C27H33N7S. The quantitative estimate of drug-likeness (QED) is 0.550. The van der Waals surface area contributed by atoms with E-state index in [0.717, 1.165) is 53.6 Å². The molecule has 7 nitrogen and oxygen atoms in total. The van der Waals surface area contributed by atoms with Crippen molar-refractivity contribution in [3.63, 3.8) is 0 Å². The molecule has 2 aliphatic rings. The maximum atomic E-state index is 9.54. The first-order chi connectivity index (χ1) is 17.1. The minimum absolute atomic E-state index is 0. The highest BCUT2D eigenvalue weighted by Gasteiger charge is 2.32. The van der Waals surface area contributed by atoms with Crippen LogP contribution < -0.4 is 10.2 Å². The average Bonchev–Trinajstić information content (AvgIpc) is 3.68. The fourth-order valence-corrected chi connectivity index (χ4v) is 5.60. The predicted molar refractivity (Wildman–Crippen MR) is 144 cm³/mol. The van der Waals surface area contributed by atoms with Crippen LogP contribution in [0.1, 0.15) is 64.7 Å². The van der Waals surface area contributed by atoms with E-state index < -0.39 is 0 Å². The molecule has 1 N–H and O–H groups in total. The standard InChI is InChI=1S/C25H25N7S.C2H6.H2/c1-3-29-24-21(5-9-30-24)17(2)18-6-10-31(14-18)23(4-8-26)19-7-11-32(15-19)25-22(13-28)20(12-27)16-33-25;1-2;/h5-6,9-10,14,16,19,23H,3-4,7,11,15H2,1-2H3,(H,29,30);1-2H3;1H/b21-17+;;. The van der Waals surface area contributed by atoms with Crippen molar-refractivity contribution in [2.24, 2.45) is 10.9 Å². The van der Waals surface area contributed by atoms with Crippen molar-refractivity contribution in [2.75, 3.05) is 24.5 Å². The van der Waals surface area contributed by atoms with E-state index in [4.69, 9.17) is 0 Å². The molecule has 0 saturated carbocycles. The van der Waals surface area contributed by atoms with E-state index in [9.17, 15) is 15.8 Å². The maximum Gasteiger partial charge on any atom is 0.132 e. The second-order valence-electron chi connectivity index (χ2n) is 8.16. The molecule has 182 valence electrons. The van der Waals surface area contributed by atoms with Crippen LogP contribution in [0.25, 0.3) is 5.57 Å². The number of allylic oxidation sites excluding steroid dienone is 1. The van der Waals surface area contributed by atoms with Gasteiger partial charge < -0.3 is 14.8 Å². The number of nitrogens with zero attached hydrogens (tertiary/aromatic N) is 6. The van der Waals surface area contributed by atoms with Crippen LogP contribution in [0, 0.1) is 39.9 Å². The third-order valence-corrected chi connectivity index (χ3v) is 7.38. The van der Waals surface area contributed by atoms with Crippen molar-refractivity contribution in [1.82, 2.24) is 9.88 Å². The van der Waals surface area contributed by atoms with Gasteiger partial charge in [0.25, 0.3) is 0 Å². The van der Waals surface area contributed by atoms with Gasteiger partial charge in [-0.2, -0.15) is 15.8 Å². The minimum Gasteiger partial charge on any atom is -0.362 e. The minimum atomic E-state index is 0. The van der Waals surface area contributed by atoms with Crippen LogP contribution >= 0.6 is 11.3 Å². The fraction of sp³-hybridized carbons (Fsp3) is 0.407. The van der Waals surface area contributed by atoms with E-state index in [2.05, 4.69) is 63.4 Å². The summed E-state index contributed by atoms with van der Waals surface area (Å²) in [6.07, 6.45) is 9.50.